The van der Waals surface area contributed by atoms with Gasteiger partial charge in [0.15, 0.2) is 0 Å². The molecule has 3 heterocycles. The highest BCUT2D eigenvalue weighted by molar-refractivity contribution is 7.40. The van der Waals surface area contributed by atoms with E-state index in [0.717, 1.165) is 25.2 Å². The van der Waals surface area contributed by atoms with Crippen LogP contribution in [-0.2, 0) is 5.41 Å². The summed E-state index contributed by atoms with van der Waals surface area (Å²) in [6, 6.07) is 19.9. The lowest BCUT2D eigenvalue weighted by Crippen LogP contribution is -2.16. The zero-order valence-electron chi connectivity index (χ0n) is 28.5. The number of hydrogen-bond acceptors (Lipinski definition) is 9. The van der Waals surface area contributed by atoms with E-state index in [2.05, 4.69) is 43.5 Å². The number of carbonyl (C=O) groups is 2. The molecular formula is C42H22N6O2S3. The SMILES string of the molecule is [C-]#[N+]C(C#N)=C1C(=Nc2cc3sc4c5c(sc4c3s2)C2=C(C=C(N=C3C(=O)c4ccccc4/C3=C(/C#N)[N+]#[C-])C2(C)C)C5(C)C)C(=O)c2ccccc21. The van der Waals surface area contributed by atoms with Gasteiger partial charge < -0.3 is 0 Å². The minimum Gasteiger partial charge on any atom is -0.287 e. The fourth-order valence-electron chi connectivity index (χ4n) is 7.96. The van der Waals surface area contributed by atoms with E-state index in [0.29, 0.717) is 33.0 Å². The zero-order valence-corrected chi connectivity index (χ0v) is 30.9. The lowest BCUT2D eigenvalue weighted by molar-refractivity contribution is 0.106. The summed E-state index contributed by atoms with van der Waals surface area (Å²) in [6.45, 7) is 23.9. The predicted octanol–water partition coefficient (Wildman–Crippen LogP) is 10.8. The fraction of sp³-hybridized carbons (Fsp3) is 0.143. The van der Waals surface area contributed by atoms with E-state index in [1.165, 1.54) is 26.5 Å². The van der Waals surface area contributed by atoms with Crippen molar-refractivity contribution in [2.45, 2.75) is 33.1 Å². The van der Waals surface area contributed by atoms with E-state index >= 15 is 0 Å². The van der Waals surface area contributed by atoms with Gasteiger partial charge in [0.05, 0.1) is 45.1 Å². The molecule has 9 rings (SSSR count). The Balaban J connectivity index is 1.14. The van der Waals surface area contributed by atoms with Crippen LogP contribution in [0.3, 0.4) is 0 Å². The molecule has 5 aromatic rings. The first kappa shape index (κ1) is 32.6. The van der Waals surface area contributed by atoms with Crippen molar-refractivity contribution in [2.75, 3.05) is 0 Å². The number of benzene rings is 2. The summed E-state index contributed by atoms with van der Waals surface area (Å²) in [6.07, 6.45) is 2.09. The van der Waals surface area contributed by atoms with Gasteiger partial charge in [0.1, 0.15) is 16.4 Å². The second-order valence-corrected chi connectivity index (χ2v) is 17.1. The molecule has 2 aromatic carbocycles. The summed E-state index contributed by atoms with van der Waals surface area (Å²) in [5.41, 5.74) is 5.75. The van der Waals surface area contributed by atoms with Crippen LogP contribution in [0.2, 0.25) is 0 Å². The minimum atomic E-state index is -0.587. The number of rotatable bonds is 2. The molecule has 0 N–H and O–H groups in total. The van der Waals surface area contributed by atoms with E-state index in [-0.39, 0.29) is 50.9 Å². The van der Waals surface area contributed by atoms with Gasteiger partial charge in [-0.05, 0) is 40.0 Å². The molecule has 0 unspecified atom stereocenters. The molecule has 0 radical (unpaired) electrons. The zero-order chi connectivity index (χ0) is 37.1. The van der Waals surface area contributed by atoms with E-state index in [9.17, 15) is 20.1 Å². The molecule has 0 amide bonds. The van der Waals surface area contributed by atoms with Gasteiger partial charge >= 0.3 is 0 Å². The van der Waals surface area contributed by atoms with E-state index in [1.54, 1.807) is 71.2 Å². The Labute approximate surface area is 315 Å². The smallest absolute Gasteiger partial charge is 0.271 e. The molecule has 53 heavy (non-hydrogen) atoms. The van der Waals surface area contributed by atoms with Gasteiger partial charge in [-0.15, -0.1) is 34.0 Å². The van der Waals surface area contributed by atoms with Crippen molar-refractivity contribution >= 4 is 97.5 Å². The molecule has 0 bridgehead atoms. The van der Waals surface area contributed by atoms with Crippen molar-refractivity contribution in [3.63, 3.8) is 0 Å². The topological polar surface area (TPSA) is 115 Å². The standard InChI is InChI=1S/C42H22N6O2S3/c1-41(2)23-15-27(47-33-29(24(17-43)45-5)19-11-7-9-13-21(19)35(33)49)42(3,4)31(23)38-32(41)39-40(53-38)37-26(51-39)16-28(52-37)48-34-30(25(18-44)46-6)20-12-8-10-14-22(20)36(34)50/h7-16H,1-4H3/b29-24+,30-25?,47-33?,48-34?. The van der Waals surface area contributed by atoms with Crippen molar-refractivity contribution < 1.29 is 9.59 Å². The quantitative estimate of drug-likeness (QED) is 0.132. The number of ketones is 2. The number of allylic oxidation sites excluding steroid dienone is 7. The highest BCUT2D eigenvalue weighted by Crippen LogP contribution is 2.65. The van der Waals surface area contributed by atoms with Crippen LogP contribution in [0.1, 0.15) is 70.0 Å². The number of nitriles is 2. The molecule has 8 nitrogen and oxygen atoms in total. The number of fused-ring (bicyclic) bond motifs is 8. The van der Waals surface area contributed by atoms with Gasteiger partial charge in [-0.2, -0.15) is 0 Å². The van der Waals surface area contributed by atoms with E-state index in [1.807, 2.05) is 18.2 Å². The molecule has 0 saturated carbocycles. The molecule has 0 aliphatic heterocycles. The normalized spacial score (nSPS) is 20.9. The van der Waals surface area contributed by atoms with Crippen LogP contribution in [0.25, 0.3) is 45.2 Å². The number of Topliss-reactive ketones (excluding diaryl/α,β-unsaturated/α-hetero) is 2. The van der Waals surface area contributed by atoms with Crippen LogP contribution in [0, 0.1) is 41.2 Å². The molecule has 4 aliphatic rings. The highest BCUT2D eigenvalue weighted by Gasteiger charge is 2.50. The average molecular weight is 739 g/mol. The average Bonchev–Trinajstić information content (AvgIpc) is 3.98. The van der Waals surface area contributed by atoms with Crippen LogP contribution in [0.5, 0.6) is 0 Å². The highest BCUT2D eigenvalue weighted by atomic mass is 32.1. The van der Waals surface area contributed by atoms with Gasteiger partial charge in [0, 0.05) is 42.7 Å². The summed E-state index contributed by atoms with van der Waals surface area (Å²) in [4.78, 5) is 45.1. The molecule has 3 aromatic heterocycles. The Morgan fingerprint density at radius 3 is 1.81 bits per heavy atom. The Morgan fingerprint density at radius 2 is 1.26 bits per heavy atom. The van der Waals surface area contributed by atoms with Crippen molar-refractivity contribution in [2.24, 2.45) is 15.4 Å². The van der Waals surface area contributed by atoms with Crippen molar-refractivity contribution in [3.05, 3.63) is 139 Å². The summed E-state index contributed by atoms with van der Waals surface area (Å²) >= 11 is 4.91. The van der Waals surface area contributed by atoms with Crippen LogP contribution in [0.15, 0.2) is 93.3 Å². The number of aliphatic imine (C=N–C) groups is 2. The first-order valence-electron chi connectivity index (χ1n) is 16.4. The van der Waals surface area contributed by atoms with Crippen LogP contribution < -0.4 is 0 Å². The minimum absolute atomic E-state index is 0.113. The van der Waals surface area contributed by atoms with Gasteiger partial charge in [-0.25, -0.2) is 30.2 Å². The van der Waals surface area contributed by atoms with Crippen LogP contribution >= 0.6 is 34.0 Å². The fourth-order valence-corrected chi connectivity index (χ4v) is 12.6. The maximum absolute atomic E-state index is 13.7. The second-order valence-electron chi connectivity index (χ2n) is 14.0. The molecule has 4 aliphatic carbocycles. The molecule has 0 atom stereocenters. The lowest BCUT2D eigenvalue weighted by atomic mass is 9.82. The molecule has 0 fully saturated rings. The van der Waals surface area contributed by atoms with Crippen molar-refractivity contribution in [1.82, 2.24) is 0 Å². The predicted molar refractivity (Wildman–Crippen MR) is 211 cm³/mol. The third kappa shape index (κ3) is 4.22. The first-order valence-corrected chi connectivity index (χ1v) is 18.9. The Bertz CT molecular complexity index is 3000. The maximum atomic E-state index is 13.7. The van der Waals surface area contributed by atoms with Gasteiger partial charge in [-0.1, -0.05) is 76.2 Å². The number of carbonyl (C=O) groups excluding carboxylic acids is 2. The first-order chi connectivity index (χ1) is 25.5. The lowest BCUT2D eigenvalue weighted by Gasteiger charge is -2.24. The maximum Gasteiger partial charge on any atom is 0.271 e. The third-order valence-electron chi connectivity index (χ3n) is 10.5. The van der Waals surface area contributed by atoms with Gasteiger partial charge in [0.25, 0.3) is 11.4 Å². The Hall–Kier alpha value is -6.34. The Kier molecular flexibility index (Phi) is 6.81. The van der Waals surface area contributed by atoms with Crippen LogP contribution in [-0.4, -0.2) is 23.0 Å². The number of hydrogen-bond donors (Lipinski definition) is 0. The molecular weight excluding hydrogens is 717 g/mol. The van der Waals surface area contributed by atoms with E-state index in [4.69, 9.17) is 23.1 Å². The summed E-state index contributed by atoms with van der Waals surface area (Å²) < 4.78 is 4.46. The molecule has 0 spiro atoms. The molecule has 250 valence electrons. The van der Waals surface area contributed by atoms with Crippen molar-refractivity contribution in [3.8, 4) is 12.1 Å². The largest absolute Gasteiger partial charge is 0.287 e. The van der Waals surface area contributed by atoms with E-state index < -0.39 is 5.41 Å². The second kappa shape index (κ2) is 11.1. The molecule has 11 heteroatoms. The summed E-state index contributed by atoms with van der Waals surface area (Å²) in [5.74, 6) is -0.597. The third-order valence-corrected chi connectivity index (χ3v) is 14.3. The van der Waals surface area contributed by atoms with Gasteiger partial charge in [-0.3, -0.25) is 9.59 Å². The van der Waals surface area contributed by atoms with Crippen LogP contribution in [0.4, 0.5) is 5.00 Å². The number of thiophene rings is 3. The number of nitrogens with zero attached hydrogens (tertiary/aromatic N) is 6. The summed E-state index contributed by atoms with van der Waals surface area (Å²) in [5, 5.41) is 20.2. The monoisotopic (exact) mass is 738 g/mol. The molecule has 0 saturated heterocycles. The Morgan fingerprint density at radius 1 is 0.717 bits per heavy atom. The van der Waals surface area contributed by atoms with Crippen molar-refractivity contribution in [1.29, 1.82) is 10.5 Å². The van der Waals surface area contributed by atoms with Gasteiger partial charge in [0.2, 0.25) is 11.6 Å². The summed E-state index contributed by atoms with van der Waals surface area (Å²) in [7, 11) is 0.